The third-order valence-corrected chi connectivity index (χ3v) is 8.70. The minimum Gasteiger partial charge on any atom is -0.396 e. The Balaban J connectivity index is 0.000000420. The van der Waals surface area contributed by atoms with Crippen molar-refractivity contribution in [2.24, 2.45) is 0 Å². The highest BCUT2D eigenvalue weighted by atomic mass is 79.9. The predicted molar refractivity (Wildman–Crippen MR) is 176 cm³/mol. The molecule has 12 heteroatoms. The molecule has 2 aliphatic carbocycles. The van der Waals surface area contributed by atoms with Gasteiger partial charge in [-0.15, -0.1) is 0 Å². The van der Waals surface area contributed by atoms with Crippen LogP contribution in [-0.2, 0) is 28.4 Å². The Bertz CT molecular complexity index is 446. The Kier molecular flexibility index (Phi) is 28.9. The average molecular weight is 801 g/mol. The van der Waals surface area contributed by atoms with E-state index in [-0.39, 0.29) is 56.4 Å². The highest BCUT2D eigenvalue weighted by molar-refractivity contribution is 9.09. The van der Waals surface area contributed by atoms with Crippen LogP contribution in [0.5, 0.6) is 0 Å². The first kappa shape index (κ1) is 41.1. The molecule has 2 fully saturated rings. The zero-order valence-corrected chi connectivity index (χ0v) is 30.1. The van der Waals surface area contributed by atoms with Crippen LogP contribution in [0.1, 0.15) is 77.0 Å². The zero-order chi connectivity index (χ0) is 30.7. The number of alkyl halides is 3. The molecule has 0 spiro atoms. The summed E-state index contributed by atoms with van der Waals surface area (Å²) in [6, 6.07) is 0. The second-order valence-electron chi connectivity index (χ2n) is 10.7. The first-order valence-corrected chi connectivity index (χ1v) is 19.2. The van der Waals surface area contributed by atoms with Crippen molar-refractivity contribution in [2.75, 3.05) is 75.5 Å². The van der Waals surface area contributed by atoms with Gasteiger partial charge in [-0.3, -0.25) is 0 Å². The first-order valence-electron chi connectivity index (χ1n) is 15.8. The van der Waals surface area contributed by atoms with Crippen LogP contribution in [0.2, 0.25) is 0 Å². The quantitative estimate of drug-likeness (QED) is 0.0901. The van der Waals surface area contributed by atoms with E-state index in [4.69, 9.17) is 43.7 Å². The van der Waals surface area contributed by atoms with Crippen LogP contribution in [0.25, 0.3) is 0 Å². The van der Waals surface area contributed by atoms with Crippen molar-refractivity contribution in [1.29, 1.82) is 0 Å². The van der Waals surface area contributed by atoms with Gasteiger partial charge in [0.05, 0.1) is 36.6 Å². The molecule has 42 heavy (non-hydrogen) atoms. The number of ether oxygens (including phenoxy) is 6. The summed E-state index contributed by atoms with van der Waals surface area (Å²) >= 11 is 10.3. The standard InChI is InChI=1S/C15H27Br3O3.C15H30O6/c2*16-4-1-7-19-13-10-14(20-8-2-5-17)12-15(11-13)21-9-3-6-18/h13-15H,1-12H2;13-18H,1-12H2. The van der Waals surface area contributed by atoms with E-state index in [0.717, 1.165) is 93.6 Å². The fourth-order valence-corrected chi connectivity index (χ4v) is 5.70. The van der Waals surface area contributed by atoms with Crippen molar-refractivity contribution in [2.45, 2.75) is 114 Å². The Morgan fingerprint density at radius 1 is 0.357 bits per heavy atom. The van der Waals surface area contributed by atoms with E-state index >= 15 is 0 Å². The molecule has 2 rings (SSSR count). The normalized spacial score (nSPS) is 26.1. The highest BCUT2D eigenvalue weighted by Crippen LogP contribution is 2.28. The first-order chi connectivity index (χ1) is 20.6. The van der Waals surface area contributed by atoms with Crippen LogP contribution in [0.15, 0.2) is 0 Å². The van der Waals surface area contributed by atoms with Gasteiger partial charge >= 0.3 is 0 Å². The summed E-state index contributed by atoms with van der Waals surface area (Å²) in [4.78, 5) is 0. The molecule has 0 aromatic heterocycles. The Morgan fingerprint density at radius 3 is 0.714 bits per heavy atom. The summed E-state index contributed by atoms with van der Waals surface area (Å²) < 4.78 is 35.3. The van der Waals surface area contributed by atoms with Gasteiger partial charge in [-0.25, -0.2) is 0 Å². The van der Waals surface area contributed by atoms with Crippen LogP contribution >= 0.6 is 47.8 Å². The van der Waals surface area contributed by atoms with Crippen molar-refractivity contribution in [3.63, 3.8) is 0 Å². The predicted octanol–water partition coefficient (Wildman–Crippen LogP) is 5.15. The third-order valence-electron chi connectivity index (χ3n) is 7.02. The van der Waals surface area contributed by atoms with Gasteiger partial charge in [-0.05, 0) is 77.0 Å². The van der Waals surface area contributed by atoms with Crippen LogP contribution in [0, 0.1) is 0 Å². The minimum absolute atomic E-state index is 0.0866. The topological polar surface area (TPSA) is 116 Å². The van der Waals surface area contributed by atoms with Crippen molar-refractivity contribution in [3.05, 3.63) is 0 Å². The molecule has 0 unspecified atom stereocenters. The molecule has 0 saturated heterocycles. The molecule has 9 nitrogen and oxygen atoms in total. The van der Waals surface area contributed by atoms with Gasteiger partial charge in [0.2, 0.25) is 0 Å². The second kappa shape index (κ2) is 29.5. The number of aliphatic hydroxyl groups is 3. The summed E-state index contributed by atoms with van der Waals surface area (Å²) in [5.74, 6) is 0. The van der Waals surface area contributed by atoms with E-state index in [1.807, 2.05) is 0 Å². The summed E-state index contributed by atoms with van der Waals surface area (Å²) in [6.07, 6.45) is 11.7. The van der Waals surface area contributed by atoms with E-state index in [1.54, 1.807) is 0 Å². The lowest BCUT2D eigenvalue weighted by atomic mass is 9.92. The summed E-state index contributed by atoms with van der Waals surface area (Å²) in [7, 11) is 0. The minimum atomic E-state index is 0.0866. The van der Waals surface area contributed by atoms with Gasteiger partial charge in [0.15, 0.2) is 0 Å². The Morgan fingerprint density at radius 2 is 0.548 bits per heavy atom. The summed E-state index contributed by atoms with van der Waals surface area (Å²) in [5, 5.41) is 29.4. The largest absolute Gasteiger partial charge is 0.396 e. The average Bonchev–Trinajstić information content (AvgIpc) is 2.98. The molecular formula is C30H57Br3O9. The number of hydrogen-bond donors (Lipinski definition) is 3. The fraction of sp³-hybridized carbons (Fsp3) is 1.00. The molecule has 3 N–H and O–H groups in total. The van der Waals surface area contributed by atoms with Gasteiger partial charge in [0.25, 0.3) is 0 Å². The molecule has 2 aliphatic rings. The van der Waals surface area contributed by atoms with Gasteiger partial charge < -0.3 is 43.7 Å². The monoisotopic (exact) mass is 798 g/mol. The molecule has 2 saturated carbocycles. The van der Waals surface area contributed by atoms with Gasteiger partial charge in [0.1, 0.15) is 0 Å². The molecule has 0 aromatic carbocycles. The van der Waals surface area contributed by atoms with Crippen LogP contribution in [0.4, 0.5) is 0 Å². The van der Waals surface area contributed by atoms with E-state index in [2.05, 4.69) is 47.8 Å². The molecule has 0 aromatic rings. The van der Waals surface area contributed by atoms with Crippen LogP contribution in [-0.4, -0.2) is 127 Å². The number of aliphatic hydroxyl groups excluding tert-OH is 3. The molecular weight excluding hydrogens is 744 g/mol. The zero-order valence-electron chi connectivity index (χ0n) is 25.4. The molecule has 0 amide bonds. The number of rotatable bonds is 24. The molecule has 0 aliphatic heterocycles. The maximum Gasteiger partial charge on any atom is 0.0624 e. The number of halogens is 3. The lowest BCUT2D eigenvalue weighted by Crippen LogP contribution is -2.38. The van der Waals surface area contributed by atoms with E-state index in [0.29, 0.717) is 39.1 Å². The van der Waals surface area contributed by atoms with Crippen molar-refractivity contribution >= 4 is 47.8 Å². The Hall–Kier alpha value is 1.08. The molecule has 0 bridgehead atoms. The Labute approximate surface area is 279 Å². The van der Waals surface area contributed by atoms with E-state index in [9.17, 15) is 0 Å². The smallest absolute Gasteiger partial charge is 0.0624 e. The number of hydrogen-bond acceptors (Lipinski definition) is 9. The summed E-state index contributed by atoms with van der Waals surface area (Å²) in [6.45, 7) is 4.52. The van der Waals surface area contributed by atoms with Crippen LogP contribution in [0.3, 0.4) is 0 Å². The van der Waals surface area contributed by atoms with Crippen LogP contribution < -0.4 is 0 Å². The van der Waals surface area contributed by atoms with Crippen molar-refractivity contribution in [1.82, 2.24) is 0 Å². The molecule has 0 radical (unpaired) electrons. The lowest BCUT2D eigenvalue weighted by molar-refractivity contribution is -0.103. The van der Waals surface area contributed by atoms with E-state index in [1.165, 1.54) is 0 Å². The SMILES string of the molecule is BrCCCOC1CC(OCCCBr)CC(OCCCBr)C1.OCCCOC1CC(OCCCO)CC(OCCCO)C1. The lowest BCUT2D eigenvalue weighted by Gasteiger charge is -2.34. The van der Waals surface area contributed by atoms with Gasteiger partial charge in [-0.2, -0.15) is 0 Å². The van der Waals surface area contributed by atoms with Crippen molar-refractivity contribution in [3.8, 4) is 0 Å². The fourth-order valence-electron chi connectivity index (χ4n) is 5.01. The maximum atomic E-state index is 8.81. The van der Waals surface area contributed by atoms with E-state index < -0.39 is 0 Å². The van der Waals surface area contributed by atoms with Crippen molar-refractivity contribution < 1.29 is 43.7 Å². The molecule has 252 valence electrons. The third kappa shape index (κ3) is 21.8. The van der Waals surface area contributed by atoms with Gasteiger partial charge in [0, 0.05) is 75.5 Å². The molecule has 0 heterocycles. The maximum absolute atomic E-state index is 8.81. The molecule has 0 atom stereocenters. The summed E-state index contributed by atoms with van der Waals surface area (Å²) in [5.41, 5.74) is 0. The second-order valence-corrected chi connectivity index (χ2v) is 13.1. The highest BCUT2D eigenvalue weighted by Gasteiger charge is 2.31. The van der Waals surface area contributed by atoms with Gasteiger partial charge in [-0.1, -0.05) is 47.8 Å².